The molecule has 0 bridgehead atoms. The molecule has 0 spiro atoms. The quantitative estimate of drug-likeness (QED) is 0.485. The zero-order valence-corrected chi connectivity index (χ0v) is 4.36. The molecule has 0 atom stereocenters. The van der Waals surface area contributed by atoms with Gasteiger partial charge in [0, 0.05) is 0 Å². The summed E-state index contributed by atoms with van der Waals surface area (Å²) in [5.74, 6) is 0. The van der Waals surface area contributed by atoms with E-state index in [1.165, 1.54) is 0 Å². The summed E-state index contributed by atoms with van der Waals surface area (Å²) in [4.78, 5) is 8.09. The Labute approximate surface area is 35.0 Å². The third kappa shape index (κ3) is 4.18. The van der Waals surface area contributed by atoms with Crippen LogP contribution in [0, 0.1) is 0 Å². The van der Waals surface area contributed by atoms with Gasteiger partial charge in [0.15, 0.2) is 0 Å². The van der Waals surface area contributed by atoms with E-state index in [1.54, 1.807) is 0 Å². The molecule has 5 heavy (non-hydrogen) atoms. The largest absolute Gasteiger partial charge is 0.432 e. The van der Waals surface area contributed by atoms with Gasteiger partial charge in [0.1, 0.15) is 0 Å². The van der Waals surface area contributed by atoms with Gasteiger partial charge in [-0.3, -0.25) is 0 Å². The maximum atomic E-state index is 8.09. The molecule has 2 radical (unpaired) electrons. The zero-order chi connectivity index (χ0) is 4.12. The first kappa shape index (κ1) is 5.18. The lowest BCUT2D eigenvalue weighted by molar-refractivity contribution is 0.598. The normalized spacial score (nSPS) is 8.40. The first-order valence-corrected chi connectivity index (χ1v) is 2.94. The van der Waals surface area contributed by atoms with Crippen molar-refractivity contribution in [3.05, 3.63) is 0 Å². The molecule has 0 aromatic carbocycles. The molecule has 0 aliphatic heterocycles. The predicted octanol–water partition coefficient (Wildman–Crippen LogP) is 0.426. The molecule has 0 amide bonds. The van der Waals surface area contributed by atoms with E-state index in [4.69, 9.17) is 4.80 Å². The second-order valence-electron chi connectivity index (χ2n) is 0.908. The highest BCUT2D eigenvalue weighted by Gasteiger charge is 1.73. The van der Waals surface area contributed by atoms with Gasteiger partial charge in [-0.2, -0.15) is 0 Å². The molecule has 1 N–H and O–H groups in total. The minimum absolute atomic E-state index is 0.158. The molecule has 0 aromatic rings. The highest BCUT2D eigenvalue weighted by Crippen LogP contribution is 1.78. The molecule has 0 heterocycles. The minimum Gasteiger partial charge on any atom is -0.432 e. The van der Waals surface area contributed by atoms with Crippen molar-refractivity contribution in [1.29, 1.82) is 0 Å². The maximum absolute atomic E-state index is 8.09. The van der Waals surface area contributed by atoms with Crippen molar-refractivity contribution in [2.75, 3.05) is 0 Å². The van der Waals surface area contributed by atoms with Crippen LogP contribution in [-0.4, -0.2) is 14.6 Å². The van der Waals surface area contributed by atoms with Crippen LogP contribution in [-0.2, 0) is 0 Å². The smallest absolute Gasteiger partial charge is 0.224 e. The van der Waals surface area contributed by atoms with Crippen molar-refractivity contribution in [2.45, 2.75) is 19.4 Å². The second kappa shape index (κ2) is 4.18. The Bertz CT molecular complexity index is 14.4. The third-order valence-electron chi connectivity index (χ3n) is 0.362. The second-order valence-corrected chi connectivity index (χ2v) is 1.72. The lowest BCUT2D eigenvalue weighted by Gasteiger charge is -1.75. The van der Waals surface area contributed by atoms with Crippen LogP contribution in [0.1, 0.15) is 13.3 Å². The molecule has 0 rings (SSSR count). The minimum atomic E-state index is 0.158. The van der Waals surface area contributed by atoms with E-state index in [1.807, 2.05) is 0 Å². The molecule has 30 valence electrons. The summed E-state index contributed by atoms with van der Waals surface area (Å²) < 4.78 is 0. The Morgan fingerprint density at radius 1 is 1.80 bits per heavy atom. The summed E-state index contributed by atoms with van der Waals surface area (Å²) in [5.41, 5.74) is 0. The van der Waals surface area contributed by atoms with E-state index >= 15 is 0 Å². The van der Waals surface area contributed by atoms with Crippen LogP contribution in [0.2, 0.25) is 6.04 Å². The van der Waals surface area contributed by atoms with Gasteiger partial charge in [0.2, 0.25) is 9.76 Å². The molecular weight excluding hydrogens is 80.1 g/mol. The fourth-order valence-corrected chi connectivity index (χ4v) is 0.335. The topological polar surface area (TPSA) is 20.2 Å². The lowest BCUT2D eigenvalue weighted by Crippen LogP contribution is -1.80. The van der Waals surface area contributed by atoms with Crippen LogP contribution < -0.4 is 0 Å². The van der Waals surface area contributed by atoms with Crippen LogP contribution in [0.5, 0.6) is 0 Å². The van der Waals surface area contributed by atoms with Crippen molar-refractivity contribution in [3.63, 3.8) is 0 Å². The summed E-state index contributed by atoms with van der Waals surface area (Å²) in [6, 6.07) is 0.972. The van der Waals surface area contributed by atoms with Crippen LogP contribution in [0.4, 0.5) is 0 Å². The van der Waals surface area contributed by atoms with Gasteiger partial charge < -0.3 is 4.80 Å². The third-order valence-corrected chi connectivity index (χ3v) is 1.09. The predicted molar refractivity (Wildman–Crippen MR) is 23.1 cm³/mol. The number of hydrogen-bond acceptors (Lipinski definition) is 1. The summed E-state index contributed by atoms with van der Waals surface area (Å²) in [5, 5.41) is 0. The average Bonchev–Trinajstić information content (AvgIpc) is 1.41. The van der Waals surface area contributed by atoms with Gasteiger partial charge in [-0.25, -0.2) is 0 Å². The molecule has 2 heteroatoms. The molecule has 0 aliphatic carbocycles. The van der Waals surface area contributed by atoms with Gasteiger partial charge in [0.25, 0.3) is 0 Å². The van der Waals surface area contributed by atoms with E-state index in [9.17, 15) is 0 Å². The van der Waals surface area contributed by atoms with Crippen molar-refractivity contribution in [2.24, 2.45) is 0 Å². The molecule has 0 aromatic heterocycles. The van der Waals surface area contributed by atoms with Crippen molar-refractivity contribution in [3.8, 4) is 0 Å². The zero-order valence-electron chi connectivity index (χ0n) is 3.36. The molecule has 0 saturated carbocycles. The lowest BCUT2D eigenvalue weighted by atomic mass is 10.6. The van der Waals surface area contributed by atoms with E-state index in [2.05, 4.69) is 6.92 Å². The van der Waals surface area contributed by atoms with E-state index < -0.39 is 0 Å². The Morgan fingerprint density at radius 2 is 2.40 bits per heavy atom. The van der Waals surface area contributed by atoms with Gasteiger partial charge in [-0.05, 0) is 6.04 Å². The Kier molecular flexibility index (Phi) is 4.32. The molecule has 0 fully saturated rings. The molecule has 0 aliphatic rings. The van der Waals surface area contributed by atoms with Crippen LogP contribution >= 0.6 is 0 Å². The fourth-order valence-electron chi connectivity index (χ4n) is 0.112. The molecule has 0 unspecified atom stereocenters. The fraction of sp³-hybridized carbons (Fsp3) is 1.00. The van der Waals surface area contributed by atoms with Crippen molar-refractivity contribution < 1.29 is 4.80 Å². The van der Waals surface area contributed by atoms with Crippen LogP contribution in [0.15, 0.2) is 0 Å². The van der Waals surface area contributed by atoms with Crippen LogP contribution in [0.3, 0.4) is 0 Å². The van der Waals surface area contributed by atoms with E-state index in [0.29, 0.717) is 0 Å². The van der Waals surface area contributed by atoms with Gasteiger partial charge >= 0.3 is 0 Å². The number of rotatable bonds is 2. The van der Waals surface area contributed by atoms with E-state index in [0.717, 1.165) is 12.5 Å². The van der Waals surface area contributed by atoms with Gasteiger partial charge in [0.05, 0.1) is 0 Å². The number of hydrogen-bond donors (Lipinski definition) is 1. The summed E-state index contributed by atoms with van der Waals surface area (Å²) >= 11 is 0. The Hall–Kier alpha value is 0.177. The van der Waals surface area contributed by atoms with Crippen molar-refractivity contribution in [1.82, 2.24) is 0 Å². The van der Waals surface area contributed by atoms with Gasteiger partial charge in [-0.15, -0.1) is 0 Å². The van der Waals surface area contributed by atoms with Gasteiger partial charge in [-0.1, -0.05) is 13.3 Å². The first-order chi connectivity index (χ1) is 2.41. The molecule has 1 nitrogen and oxygen atoms in total. The summed E-state index contributed by atoms with van der Waals surface area (Å²) in [6.45, 7) is 2.06. The molecular formula is C3H8OSi. The Balaban J connectivity index is 2.19. The SMILES string of the molecule is CCC[Si]O. The maximum Gasteiger partial charge on any atom is 0.224 e. The van der Waals surface area contributed by atoms with Crippen LogP contribution in [0.25, 0.3) is 0 Å². The highest BCUT2D eigenvalue weighted by molar-refractivity contribution is 6.25. The highest BCUT2D eigenvalue weighted by atomic mass is 28.2. The first-order valence-electron chi connectivity index (χ1n) is 1.78. The van der Waals surface area contributed by atoms with E-state index in [-0.39, 0.29) is 9.76 Å². The molecule has 0 saturated heterocycles. The Morgan fingerprint density at radius 3 is 2.40 bits per heavy atom. The van der Waals surface area contributed by atoms with Crippen molar-refractivity contribution >= 4 is 9.76 Å². The summed E-state index contributed by atoms with van der Waals surface area (Å²) in [6.07, 6.45) is 1.11. The standard InChI is InChI=1S/C3H8OSi/c1-2-3-5-4/h4H,2-3H2,1H3. The average molecular weight is 88.2 g/mol. The monoisotopic (exact) mass is 88.0 g/mol. The summed E-state index contributed by atoms with van der Waals surface area (Å²) in [7, 11) is 0.158.